The molecule has 1 N–H and O–H groups in total. The first-order chi connectivity index (χ1) is 9.11. The molecular weight excluding hydrogens is 285 g/mol. The van der Waals surface area contributed by atoms with Crippen molar-refractivity contribution in [3.8, 4) is 0 Å². The molecule has 1 atom stereocenters. The minimum atomic E-state index is -0.889. The van der Waals surface area contributed by atoms with E-state index in [-0.39, 0.29) is 10.6 Å². The predicted molar refractivity (Wildman–Crippen MR) is 74.2 cm³/mol. The Hall–Kier alpha value is -1.62. The molecule has 4 nitrogen and oxygen atoms in total. The van der Waals surface area contributed by atoms with Gasteiger partial charge in [0.1, 0.15) is 11.6 Å². The highest BCUT2D eigenvalue weighted by atomic mass is 35.5. The number of carbonyl (C=O) groups is 2. The summed E-state index contributed by atoms with van der Waals surface area (Å²) in [6, 6.07) is 3.20. The van der Waals surface area contributed by atoms with E-state index in [9.17, 15) is 14.0 Å². The largest absolute Gasteiger partial charge is 0.458 e. The van der Waals surface area contributed by atoms with Gasteiger partial charge in [-0.3, -0.25) is 4.79 Å². The number of benzene rings is 1. The molecule has 0 saturated carbocycles. The van der Waals surface area contributed by atoms with Crippen LogP contribution in [0.25, 0.3) is 0 Å². The number of nitrogens with one attached hydrogen (secondary N) is 1. The van der Waals surface area contributed by atoms with Gasteiger partial charge in [0.25, 0.3) is 5.91 Å². The lowest BCUT2D eigenvalue weighted by molar-refractivity contribution is -0.156. The Kier molecular flexibility index (Phi) is 5.11. The Morgan fingerprint density at radius 2 is 1.95 bits per heavy atom. The second kappa shape index (κ2) is 6.22. The van der Waals surface area contributed by atoms with Crippen LogP contribution in [0, 0.1) is 5.82 Å². The van der Waals surface area contributed by atoms with Gasteiger partial charge in [-0.1, -0.05) is 17.7 Å². The minimum absolute atomic E-state index is 0.150. The number of halogens is 2. The van der Waals surface area contributed by atoms with Gasteiger partial charge in [0.05, 0.1) is 10.6 Å². The standard InChI is InChI=1S/C14H17ClFNO3/c1-8(13(19)20-14(2,3)4)17-12(18)9-6-5-7-10(15)11(9)16/h5-8H,1-4H3,(H,17,18)/t8-/m0/s1. The van der Waals surface area contributed by atoms with Crippen LogP contribution in [0.1, 0.15) is 38.1 Å². The first-order valence-corrected chi connectivity index (χ1v) is 6.47. The summed E-state index contributed by atoms with van der Waals surface area (Å²) in [5, 5.41) is 2.22. The van der Waals surface area contributed by atoms with E-state index in [1.807, 2.05) is 0 Å². The third-order valence-electron chi connectivity index (χ3n) is 2.30. The van der Waals surface area contributed by atoms with Crippen molar-refractivity contribution >= 4 is 23.5 Å². The van der Waals surface area contributed by atoms with Crippen LogP contribution in [0.2, 0.25) is 5.02 Å². The van der Waals surface area contributed by atoms with Crippen molar-refractivity contribution in [1.29, 1.82) is 0 Å². The van der Waals surface area contributed by atoms with Gasteiger partial charge in [0.2, 0.25) is 0 Å². The minimum Gasteiger partial charge on any atom is -0.458 e. The van der Waals surface area contributed by atoms with Crippen molar-refractivity contribution in [2.24, 2.45) is 0 Å². The van der Waals surface area contributed by atoms with E-state index in [4.69, 9.17) is 16.3 Å². The number of esters is 1. The Morgan fingerprint density at radius 3 is 2.50 bits per heavy atom. The molecule has 0 heterocycles. The van der Waals surface area contributed by atoms with Gasteiger partial charge in [-0.25, -0.2) is 9.18 Å². The van der Waals surface area contributed by atoms with Crippen molar-refractivity contribution in [3.63, 3.8) is 0 Å². The third-order valence-corrected chi connectivity index (χ3v) is 2.60. The molecule has 0 fully saturated rings. The van der Waals surface area contributed by atoms with Crippen LogP contribution in [0.4, 0.5) is 4.39 Å². The molecule has 1 aromatic rings. The van der Waals surface area contributed by atoms with Gasteiger partial charge in [0.15, 0.2) is 5.82 Å². The molecule has 1 amide bonds. The fraction of sp³-hybridized carbons (Fsp3) is 0.429. The van der Waals surface area contributed by atoms with E-state index in [1.165, 1.54) is 25.1 Å². The first kappa shape index (κ1) is 16.4. The fourth-order valence-electron chi connectivity index (χ4n) is 1.40. The molecule has 1 rings (SSSR count). The van der Waals surface area contributed by atoms with Crippen LogP contribution >= 0.6 is 11.6 Å². The van der Waals surface area contributed by atoms with E-state index < -0.39 is 29.3 Å². The van der Waals surface area contributed by atoms with E-state index in [0.29, 0.717) is 0 Å². The normalized spacial score (nSPS) is 12.7. The smallest absolute Gasteiger partial charge is 0.328 e. The highest BCUT2D eigenvalue weighted by Crippen LogP contribution is 2.18. The molecule has 0 unspecified atom stereocenters. The van der Waals surface area contributed by atoms with Gasteiger partial charge in [-0.2, -0.15) is 0 Å². The number of hydrogen-bond donors (Lipinski definition) is 1. The Bertz CT molecular complexity index is 526. The zero-order chi connectivity index (χ0) is 15.5. The molecule has 110 valence electrons. The second-order valence-corrected chi connectivity index (χ2v) is 5.74. The Labute approximate surface area is 122 Å². The lowest BCUT2D eigenvalue weighted by Gasteiger charge is -2.22. The van der Waals surface area contributed by atoms with Crippen molar-refractivity contribution in [2.75, 3.05) is 0 Å². The molecular formula is C14H17ClFNO3. The zero-order valence-corrected chi connectivity index (χ0v) is 12.5. The molecule has 0 bridgehead atoms. The van der Waals surface area contributed by atoms with Crippen LogP contribution in [-0.2, 0) is 9.53 Å². The number of carbonyl (C=O) groups excluding carboxylic acids is 2. The summed E-state index contributed by atoms with van der Waals surface area (Å²) in [6.07, 6.45) is 0. The number of amides is 1. The average Bonchev–Trinajstić information content (AvgIpc) is 2.30. The van der Waals surface area contributed by atoms with E-state index >= 15 is 0 Å². The van der Waals surface area contributed by atoms with Gasteiger partial charge < -0.3 is 10.1 Å². The topological polar surface area (TPSA) is 55.4 Å². The molecule has 20 heavy (non-hydrogen) atoms. The van der Waals surface area contributed by atoms with Crippen LogP contribution < -0.4 is 5.32 Å². The maximum atomic E-state index is 13.7. The van der Waals surface area contributed by atoms with Gasteiger partial charge in [0, 0.05) is 0 Å². The summed E-state index contributed by atoms with van der Waals surface area (Å²) in [4.78, 5) is 23.6. The Balaban J connectivity index is 2.76. The quantitative estimate of drug-likeness (QED) is 0.873. The van der Waals surface area contributed by atoms with Gasteiger partial charge in [-0.15, -0.1) is 0 Å². The summed E-state index contributed by atoms with van der Waals surface area (Å²) in [5.41, 5.74) is -0.870. The molecule has 0 aliphatic rings. The zero-order valence-electron chi connectivity index (χ0n) is 11.8. The maximum absolute atomic E-state index is 13.7. The molecule has 6 heteroatoms. The summed E-state index contributed by atoms with van der Waals surface area (Å²) < 4.78 is 18.8. The number of ether oxygens (including phenoxy) is 1. The lowest BCUT2D eigenvalue weighted by Crippen LogP contribution is -2.42. The molecule has 0 saturated heterocycles. The van der Waals surface area contributed by atoms with Crippen molar-refractivity contribution in [3.05, 3.63) is 34.6 Å². The maximum Gasteiger partial charge on any atom is 0.328 e. The fourth-order valence-corrected chi connectivity index (χ4v) is 1.58. The van der Waals surface area contributed by atoms with Crippen molar-refractivity contribution in [1.82, 2.24) is 5.32 Å². The lowest BCUT2D eigenvalue weighted by atomic mass is 10.1. The number of rotatable bonds is 3. The predicted octanol–water partition coefficient (Wildman–Crippen LogP) is 2.94. The molecule has 0 aromatic heterocycles. The Morgan fingerprint density at radius 1 is 1.35 bits per heavy atom. The summed E-state index contributed by atoms with van der Waals surface area (Å²) in [6.45, 7) is 6.62. The highest BCUT2D eigenvalue weighted by molar-refractivity contribution is 6.31. The van der Waals surface area contributed by atoms with Crippen LogP contribution in [-0.4, -0.2) is 23.5 Å². The molecule has 0 radical (unpaired) electrons. The van der Waals surface area contributed by atoms with Crippen LogP contribution in [0.3, 0.4) is 0 Å². The van der Waals surface area contributed by atoms with Crippen LogP contribution in [0.5, 0.6) is 0 Å². The average molecular weight is 302 g/mol. The molecule has 0 aliphatic heterocycles. The SMILES string of the molecule is C[C@H](NC(=O)c1cccc(Cl)c1F)C(=O)OC(C)(C)C. The van der Waals surface area contributed by atoms with E-state index in [2.05, 4.69) is 5.32 Å². The van der Waals surface area contributed by atoms with Gasteiger partial charge >= 0.3 is 5.97 Å². The van der Waals surface area contributed by atoms with Gasteiger partial charge in [-0.05, 0) is 39.8 Å². The van der Waals surface area contributed by atoms with Crippen LogP contribution in [0.15, 0.2) is 18.2 Å². The number of hydrogen-bond acceptors (Lipinski definition) is 3. The summed E-state index contributed by atoms with van der Waals surface area (Å²) >= 11 is 5.60. The van der Waals surface area contributed by atoms with E-state index in [1.54, 1.807) is 20.8 Å². The van der Waals surface area contributed by atoms with E-state index in [0.717, 1.165) is 0 Å². The molecule has 0 spiro atoms. The molecule has 1 aromatic carbocycles. The summed E-state index contributed by atoms with van der Waals surface area (Å²) in [7, 11) is 0. The second-order valence-electron chi connectivity index (χ2n) is 5.33. The summed E-state index contributed by atoms with van der Waals surface area (Å²) in [5.74, 6) is -2.13. The third kappa shape index (κ3) is 4.49. The first-order valence-electron chi connectivity index (χ1n) is 6.09. The monoisotopic (exact) mass is 301 g/mol. The highest BCUT2D eigenvalue weighted by Gasteiger charge is 2.24. The van der Waals surface area contributed by atoms with Crippen molar-refractivity contribution in [2.45, 2.75) is 39.3 Å². The van der Waals surface area contributed by atoms with Crippen molar-refractivity contribution < 1.29 is 18.7 Å². The molecule has 0 aliphatic carbocycles.